The lowest BCUT2D eigenvalue weighted by atomic mass is 10.2. The molecule has 0 saturated heterocycles. The first-order chi connectivity index (χ1) is 8.34. The predicted molar refractivity (Wildman–Crippen MR) is 70.9 cm³/mol. The van der Waals surface area contributed by atoms with Crippen LogP contribution in [0.3, 0.4) is 0 Å². The molecule has 0 saturated carbocycles. The first-order valence-electron chi connectivity index (χ1n) is 5.44. The zero-order valence-corrected chi connectivity index (χ0v) is 10.7. The highest BCUT2D eigenvalue weighted by atomic mass is 32.2. The molecule has 0 fully saturated rings. The van der Waals surface area contributed by atoms with Crippen molar-refractivity contribution < 1.29 is 9.84 Å². The van der Waals surface area contributed by atoms with Crippen molar-refractivity contribution in [1.82, 2.24) is 0 Å². The molecule has 2 aromatic rings. The number of thiophene rings is 1. The SMILES string of the molecule is OC(c1cccs1)C1CSc2ccccc2O1. The zero-order valence-electron chi connectivity index (χ0n) is 9.08. The van der Waals surface area contributed by atoms with E-state index in [0.29, 0.717) is 0 Å². The average Bonchev–Trinajstić information content (AvgIpc) is 2.91. The Morgan fingerprint density at radius 2 is 2.12 bits per heavy atom. The number of benzene rings is 1. The lowest BCUT2D eigenvalue weighted by molar-refractivity contribution is 0.0481. The van der Waals surface area contributed by atoms with Crippen LogP contribution >= 0.6 is 23.1 Å². The quantitative estimate of drug-likeness (QED) is 0.902. The van der Waals surface area contributed by atoms with E-state index in [1.807, 2.05) is 41.8 Å². The van der Waals surface area contributed by atoms with E-state index in [1.165, 1.54) is 0 Å². The van der Waals surface area contributed by atoms with Gasteiger partial charge in [0.25, 0.3) is 0 Å². The van der Waals surface area contributed by atoms with Crippen molar-refractivity contribution >= 4 is 23.1 Å². The van der Waals surface area contributed by atoms with Gasteiger partial charge in [0, 0.05) is 15.5 Å². The zero-order chi connectivity index (χ0) is 11.7. The fourth-order valence-electron chi connectivity index (χ4n) is 1.83. The molecule has 3 rings (SSSR count). The Hall–Kier alpha value is -0.970. The van der Waals surface area contributed by atoms with Gasteiger partial charge in [-0.2, -0.15) is 0 Å². The number of rotatable bonds is 2. The van der Waals surface area contributed by atoms with Crippen molar-refractivity contribution in [2.75, 3.05) is 5.75 Å². The molecule has 1 aromatic carbocycles. The standard InChI is InChI=1S/C13H12O2S2/c14-13(12-6-3-7-16-12)10-8-17-11-5-2-1-4-9(11)15-10/h1-7,10,13-14H,8H2. The summed E-state index contributed by atoms with van der Waals surface area (Å²) >= 11 is 3.31. The van der Waals surface area contributed by atoms with Crippen molar-refractivity contribution in [3.05, 3.63) is 46.7 Å². The topological polar surface area (TPSA) is 29.5 Å². The van der Waals surface area contributed by atoms with Gasteiger partial charge in [-0.05, 0) is 23.6 Å². The summed E-state index contributed by atoms with van der Waals surface area (Å²) in [4.78, 5) is 2.12. The first kappa shape index (κ1) is 11.1. The molecule has 1 aliphatic rings. The van der Waals surface area contributed by atoms with Gasteiger partial charge < -0.3 is 9.84 Å². The second-order valence-corrected chi connectivity index (χ2v) is 5.92. The van der Waals surface area contributed by atoms with Gasteiger partial charge in [-0.3, -0.25) is 0 Å². The summed E-state index contributed by atoms with van der Waals surface area (Å²) < 4.78 is 5.85. The summed E-state index contributed by atoms with van der Waals surface area (Å²) in [6.45, 7) is 0. The van der Waals surface area contributed by atoms with Crippen molar-refractivity contribution in [2.45, 2.75) is 17.1 Å². The molecule has 0 amide bonds. The van der Waals surface area contributed by atoms with Gasteiger partial charge in [0.15, 0.2) is 0 Å². The third-order valence-corrected chi connectivity index (χ3v) is 4.80. The van der Waals surface area contributed by atoms with Crippen LogP contribution in [0.4, 0.5) is 0 Å². The Bertz CT molecular complexity index is 496. The monoisotopic (exact) mass is 264 g/mol. The maximum Gasteiger partial charge on any atom is 0.139 e. The molecule has 1 N–H and O–H groups in total. The number of para-hydroxylation sites is 1. The number of aliphatic hydroxyl groups excluding tert-OH is 1. The molecule has 2 unspecified atom stereocenters. The molecule has 17 heavy (non-hydrogen) atoms. The minimum Gasteiger partial charge on any atom is -0.485 e. The fourth-order valence-corrected chi connectivity index (χ4v) is 3.62. The van der Waals surface area contributed by atoms with E-state index >= 15 is 0 Å². The smallest absolute Gasteiger partial charge is 0.139 e. The van der Waals surface area contributed by atoms with Crippen LogP contribution in [0.15, 0.2) is 46.7 Å². The summed E-state index contributed by atoms with van der Waals surface area (Å²) in [7, 11) is 0. The largest absolute Gasteiger partial charge is 0.485 e. The Morgan fingerprint density at radius 1 is 1.24 bits per heavy atom. The minimum absolute atomic E-state index is 0.159. The normalized spacial score (nSPS) is 20.4. The summed E-state index contributed by atoms with van der Waals surface area (Å²) in [6, 6.07) is 11.9. The van der Waals surface area contributed by atoms with Gasteiger partial charge in [0.1, 0.15) is 18.0 Å². The van der Waals surface area contributed by atoms with Crippen molar-refractivity contribution in [3.8, 4) is 5.75 Å². The molecule has 2 atom stereocenters. The Kier molecular flexibility index (Phi) is 3.09. The van der Waals surface area contributed by atoms with Crippen molar-refractivity contribution in [2.24, 2.45) is 0 Å². The highest BCUT2D eigenvalue weighted by Crippen LogP contribution is 2.38. The van der Waals surface area contributed by atoms with E-state index < -0.39 is 6.10 Å². The number of aliphatic hydroxyl groups is 1. The maximum absolute atomic E-state index is 10.2. The number of thioether (sulfide) groups is 1. The van der Waals surface area contributed by atoms with E-state index in [4.69, 9.17) is 4.74 Å². The highest BCUT2D eigenvalue weighted by Gasteiger charge is 2.28. The van der Waals surface area contributed by atoms with Crippen LogP contribution in [-0.4, -0.2) is 17.0 Å². The van der Waals surface area contributed by atoms with Gasteiger partial charge in [-0.15, -0.1) is 23.1 Å². The summed E-state index contributed by atoms with van der Waals surface area (Å²) in [5.74, 6) is 1.67. The number of fused-ring (bicyclic) bond motifs is 1. The van der Waals surface area contributed by atoms with Gasteiger partial charge in [-0.1, -0.05) is 18.2 Å². The van der Waals surface area contributed by atoms with Crippen LogP contribution in [0.1, 0.15) is 11.0 Å². The molecule has 1 aliphatic heterocycles. The molecule has 2 heterocycles. The molecule has 88 valence electrons. The third kappa shape index (κ3) is 2.20. The van der Waals surface area contributed by atoms with Crippen LogP contribution in [-0.2, 0) is 0 Å². The third-order valence-electron chi connectivity index (χ3n) is 2.72. The van der Waals surface area contributed by atoms with E-state index in [-0.39, 0.29) is 6.10 Å². The van der Waals surface area contributed by atoms with Crippen LogP contribution in [0, 0.1) is 0 Å². The minimum atomic E-state index is -0.532. The molecule has 0 spiro atoms. The number of ether oxygens (including phenoxy) is 1. The van der Waals surface area contributed by atoms with Crippen LogP contribution in [0.5, 0.6) is 5.75 Å². The molecule has 2 nitrogen and oxygen atoms in total. The molecule has 0 bridgehead atoms. The molecular formula is C13H12O2S2. The van der Waals surface area contributed by atoms with Gasteiger partial charge >= 0.3 is 0 Å². The number of hydrogen-bond acceptors (Lipinski definition) is 4. The van der Waals surface area contributed by atoms with Gasteiger partial charge in [-0.25, -0.2) is 0 Å². The molecular weight excluding hydrogens is 252 g/mol. The molecule has 1 aromatic heterocycles. The first-order valence-corrected chi connectivity index (χ1v) is 7.31. The second-order valence-electron chi connectivity index (χ2n) is 3.87. The van der Waals surface area contributed by atoms with E-state index in [1.54, 1.807) is 23.1 Å². The van der Waals surface area contributed by atoms with Crippen LogP contribution in [0.25, 0.3) is 0 Å². The van der Waals surface area contributed by atoms with Crippen LogP contribution in [0.2, 0.25) is 0 Å². The molecule has 0 radical (unpaired) electrons. The summed E-state index contributed by atoms with van der Waals surface area (Å²) in [6.07, 6.45) is -0.690. The fraction of sp³-hybridized carbons (Fsp3) is 0.231. The van der Waals surface area contributed by atoms with E-state index in [0.717, 1.165) is 21.3 Å². The lowest BCUT2D eigenvalue weighted by Gasteiger charge is -2.28. The maximum atomic E-state index is 10.2. The van der Waals surface area contributed by atoms with Crippen LogP contribution < -0.4 is 4.74 Å². The number of hydrogen-bond donors (Lipinski definition) is 1. The Balaban J connectivity index is 1.80. The lowest BCUT2D eigenvalue weighted by Crippen LogP contribution is -2.29. The van der Waals surface area contributed by atoms with Gasteiger partial charge in [0.05, 0.1) is 0 Å². The Labute approximate surface area is 108 Å². The van der Waals surface area contributed by atoms with Crippen molar-refractivity contribution in [3.63, 3.8) is 0 Å². The van der Waals surface area contributed by atoms with E-state index in [2.05, 4.69) is 0 Å². The highest BCUT2D eigenvalue weighted by molar-refractivity contribution is 7.99. The van der Waals surface area contributed by atoms with Gasteiger partial charge in [0.2, 0.25) is 0 Å². The second kappa shape index (κ2) is 4.72. The molecule has 4 heteroatoms. The predicted octanol–water partition coefficient (Wildman–Crippen LogP) is 3.33. The molecule has 0 aliphatic carbocycles. The van der Waals surface area contributed by atoms with Crippen molar-refractivity contribution in [1.29, 1.82) is 0 Å². The summed E-state index contributed by atoms with van der Waals surface area (Å²) in [5, 5.41) is 12.2. The van der Waals surface area contributed by atoms with E-state index in [9.17, 15) is 5.11 Å². The Morgan fingerprint density at radius 3 is 2.94 bits per heavy atom. The average molecular weight is 264 g/mol. The summed E-state index contributed by atoms with van der Waals surface area (Å²) in [5.41, 5.74) is 0.